The van der Waals surface area contributed by atoms with Crippen molar-refractivity contribution in [2.45, 2.75) is 32.9 Å². The van der Waals surface area contributed by atoms with E-state index in [1.54, 1.807) is 11.3 Å². The fourth-order valence-corrected chi connectivity index (χ4v) is 2.55. The number of hydrogen-bond acceptors (Lipinski definition) is 2. The average molecular weight is 249 g/mol. The fourth-order valence-electron chi connectivity index (χ4n) is 1.85. The van der Waals surface area contributed by atoms with Gasteiger partial charge in [-0.2, -0.15) is 0 Å². The van der Waals surface area contributed by atoms with Gasteiger partial charge in [-0.25, -0.2) is 0 Å². The molecule has 0 saturated heterocycles. The van der Waals surface area contributed by atoms with Crippen LogP contribution in [0.4, 0.5) is 0 Å². The van der Waals surface area contributed by atoms with Gasteiger partial charge in [0.15, 0.2) is 0 Å². The minimum Gasteiger partial charge on any atom is -0.388 e. The standard InChI is InChI=1S/C14H19NOS/c1-11(2)14(16)12-5-7-15(10-12)8-6-13-4-3-9-17-13/h3-5,7,9-11,14,16H,6,8H2,1-2H3. The SMILES string of the molecule is CC(C)C(O)c1ccn(CCc2cccs2)c1. The summed E-state index contributed by atoms with van der Waals surface area (Å²) in [7, 11) is 0. The zero-order chi connectivity index (χ0) is 12.3. The van der Waals surface area contributed by atoms with E-state index in [9.17, 15) is 5.11 Å². The molecule has 0 aliphatic rings. The van der Waals surface area contributed by atoms with Crippen LogP contribution in [-0.4, -0.2) is 9.67 Å². The summed E-state index contributed by atoms with van der Waals surface area (Å²) in [5.41, 5.74) is 1.02. The molecule has 0 fully saturated rings. The lowest BCUT2D eigenvalue weighted by Gasteiger charge is -2.12. The average Bonchev–Trinajstić information content (AvgIpc) is 2.96. The smallest absolute Gasteiger partial charge is 0.0827 e. The molecule has 2 nitrogen and oxygen atoms in total. The maximum Gasteiger partial charge on any atom is 0.0827 e. The molecule has 0 aliphatic heterocycles. The molecular weight excluding hydrogens is 230 g/mol. The molecule has 92 valence electrons. The first-order chi connectivity index (χ1) is 8.16. The summed E-state index contributed by atoms with van der Waals surface area (Å²) >= 11 is 1.80. The Hall–Kier alpha value is -1.06. The van der Waals surface area contributed by atoms with Gasteiger partial charge in [0, 0.05) is 23.8 Å². The Bertz CT molecular complexity index is 444. The van der Waals surface area contributed by atoms with E-state index in [1.807, 2.05) is 19.9 Å². The van der Waals surface area contributed by atoms with Crippen LogP contribution in [-0.2, 0) is 13.0 Å². The Morgan fingerprint density at radius 3 is 2.82 bits per heavy atom. The van der Waals surface area contributed by atoms with Crippen molar-refractivity contribution >= 4 is 11.3 Å². The molecule has 0 radical (unpaired) electrons. The Balaban J connectivity index is 1.94. The lowest BCUT2D eigenvalue weighted by molar-refractivity contribution is 0.127. The highest BCUT2D eigenvalue weighted by Gasteiger charge is 2.12. The van der Waals surface area contributed by atoms with E-state index in [4.69, 9.17) is 0 Å². The number of aromatic nitrogens is 1. The van der Waals surface area contributed by atoms with Gasteiger partial charge < -0.3 is 9.67 Å². The van der Waals surface area contributed by atoms with E-state index in [0.29, 0.717) is 0 Å². The highest BCUT2D eigenvalue weighted by molar-refractivity contribution is 7.09. The molecule has 0 bridgehead atoms. The van der Waals surface area contributed by atoms with Crippen molar-refractivity contribution in [3.8, 4) is 0 Å². The predicted octanol–water partition coefficient (Wildman–Crippen LogP) is 3.48. The third-order valence-corrected chi connectivity index (χ3v) is 3.88. The largest absolute Gasteiger partial charge is 0.388 e. The van der Waals surface area contributed by atoms with Crippen LogP contribution >= 0.6 is 11.3 Å². The highest BCUT2D eigenvalue weighted by Crippen LogP contribution is 2.21. The summed E-state index contributed by atoms with van der Waals surface area (Å²) < 4.78 is 2.15. The van der Waals surface area contributed by atoms with Gasteiger partial charge in [0.2, 0.25) is 0 Å². The van der Waals surface area contributed by atoms with Crippen molar-refractivity contribution in [3.63, 3.8) is 0 Å². The third kappa shape index (κ3) is 3.20. The predicted molar refractivity (Wildman–Crippen MR) is 72.3 cm³/mol. The topological polar surface area (TPSA) is 25.2 Å². The van der Waals surface area contributed by atoms with Crippen molar-refractivity contribution in [1.82, 2.24) is 4.57 Å². The third-order valence-electron chi connectivity index (χ3n) is 2.94. The van der Waals surface area contributed by atoms with Crippen LogP contribution in [0, 0.1) is 5.92 Å². The molecule has 1 unspecified atom stereocenters. The van der Waals surface area contributed by atoms with Gasteiger partial charge in [0.05, 0.1) is 6.10 Å². The summed E-state index contributed by atoms with van der Waals surface area (Å²) in [6.07, 6.45) is 4.81. The van der Waals surface area contributed by atoms with Crippen molar-refractivity contribution in [1.29, 1.82) is 0 Å². The molecular formula is C14H19NOS. The first-order valence-corrected chi connectivity index (χ1v) is 6.91. The van der Waals surface area contributed by atoms with Crippen LogP contribution in [0.5, 0.6) is 0 Å². The molecule has 1 N–H and O–H groups in total. The molecule has 2 rings (SSSR count). The minimum absolute atomic E-state index is 0.267. The van der Waals surface area contributed by atoms with E-state index < -0.39 is 0 Å². The zero-order valence-electron chi connectivity index (χ0n) is 10.3. The highest BCUT2D eigenvalue weighted by atomic mass is 32.1. The van der Waals surface area contributed by atoms with Crippen LogP contribution in [0.3, 0.4) is 0 Å². The van der Waals surface area contributed by atoms with Crippen LogP contribution in [0.1, 0.15) is 30.4 Å². The lowest BCUT2D eigenvalue weighted by Crippen LogP contribution is -2.04. The monoisotopic (exact) mass is 249 g/mol. The van der Waals surface area contributed by atoms with E-state index in [0.717, 1.165) is 18.5 Å². The van der Waals surface area contributed by atoms with Crippen LogP contribution in [0.2, 0.25) is 0 Å². The number of rotatable bonds is 5. The fraction of sp³-hybridized carbons (Fsp3) is 0.429. The second kappa shape index (κ2) is 5.52. The van der Waals surface area contributed by atoms with E-state index >= 15 is 0 Å². The van der Waals surface area contributed by atoms with Gasteiger partial charge in [-0.15, -0.1) is 11.3 Å². The van der Waals surface area contributed by atoms with Gasteiger partial charge in [-0.1, -0.05) is 19.9 Å². The molecule has 2 aromatic rings. The summed E-state index contributed by atoms with van der Waals surface area (Å²) in [6.45, 7) is 5.05. The Morgan fingerprint density at radius 2 is 2.18 bits per heavy atom. The first kappa shape index (κ1) is 12.4. The first-order valence-electron chi connectivity index (χ1n) is 6.03. The summed E-state index contributed by atoms with van der Waals surface area (Å²) in [5.74, 6) is 0.267. The van der Waals surface area contributed by atoms with Gasteiger partial charge >= 0.3 is 0 Å². The lowest BCUT2D eigenvalue weighted by atomic mass is 10.0. The molecule has 2 heterocycles. The van der Waals surface area contributed by atoms with Crippen LogP contribution in [0.25, 0.3) is 0 Å². The van der Waals surface area contributed by atoms with Gasteiger partial charge in [-0.05, 0) is 35.4 Å². The molecule has 2 aromatic heterocycles. The van der Waals surface area contributed by atoms with Crippen LogP contribution in [0.15, 0.2) is 36.0 Å². The number of aliphatic hydroxyl groups is 1. The summed E-state index contributed by atoms with van der Waals surface area (Å²) in [5, 5.41) is 12.1. The Kier molecular flexibility index (Phi) is 4.02. The van der Waals surface area contributed by atoms with E-state index in [-0.39, 0.29) is 12.0 Å². The Labute approximate surface area is 107 Å². The van der Waals surface area contributed by atoms with Crippen molar-refractivity contribution in [3.05, 3.63) is 46.4 Å². The second-order valence-corrected chi connectivity index (χ2v) is 5.73. The molecule has 0 spiro atoms. The number of thiophene rings is 1. The molecule has 0 saturated carbocycles. The molecule has 0 aromatic carbocycles. The molecule has 1 atom stereocenters. The van der Waals surface area contributed by atoms with Gasteiger partial charge in [0.1, 0.15) is 0 Å². The molecule has 0 amide bonds. The molecule has 17 heavy (non-hydrogen) atoms. The second-order valence-electron chi connectivity index (χ2n) is 4.70. The summed E-state index contributed by atoms with van der Waals surface area (Å²) in [6, 6.07) is 6.26. The summed E-state index contributed by atoms with van der Waals surface area (Å²) in [4.78, 5) is 1.41. The number of nitrogens with zero attached hydrogens (tertiary/aromatic N) is 1. The van der Waals surface area contributed by atoms with Crippen molar-refractivity contribution < 1.29 is 5.11 Å². The minimum atomic E-state index is -0.349. The quantitative estimate of drug-likeness (QED) is 0.862. The maximum atomic E-state index is 9.95. The van der Waals surface area contributed by atoms with Crippen molar-refractivity contribution in [2.24, 2.45) is 5.92 Å². The number of aliphatic hydroxyl groups excluding tert-OH is 1. The zero-order valence-corrected chi connectivity index (χ0v) is 11.2. The molecule has 3 heteroatoms. The van der Waals surface area contributed by atoms with Gasteiger partial charge in [-0.3, -0.25) is 0 Å². The molecule has 0 aliphatic carbocycles. The Morgan fingerprint density at radius 1 is 1.35 bits per heavy atom. The number of hydrogen-bond donors (Lipinski definition) is 1. The van der Waals surface area contributed by atoms with Crippen LogP contribution < -0.4 is 0 Å². The number of aryl methyl sites for hydroxylation is 2. The normalized spacial score (nSPS) is 13.2. The maximum absolute atomic E-state index is 9.95. The van der Waals surface area contributed by atoms with E-state index in [2.05, 4.69) is 34.5 Å². The van der Waals surface area contributed by atoms with E-state index in [1.165, 1.54) is 4.88 Å². The van der Waals surface area contributed by atoms with Gasteiger partial charge in [0.25, 0.3) is 0 Å². The van der Waals surface area contributed by atoms with Crippen molar-refractivity contribution in [2.75, 3.05) is 0 Å².